The lowest BCUT2D eigenvalue weighted by Crippen LogP contribution is -2.30. The topological polar surface area (TPSA) is 63.7 Å². The monoisotopic (exact) mass is 378 g/mol. The van der Waals surface area contributed by atoms with Crippen LogP contribution in [0.25, 0.3) is 11.4 Å². The first-order valence-corrected chi connectivity index (χ1v) is 9.16. The predicted octanol–water partition coefficient (Wildman–Crippen LogP) is 4.91. The number of halogens is 1. The molecule has 0 aliphatic heterocycles. The minimum atomic E-state index is -0.891. The van der Waals surface area contributed by atoms with E-state index < -0.39 is 11.4 Å². The molecular formula is C22H23FN4O. The van der Waals surface area contributed by atoms with Crippen LogP contribution < -0.4 is 4.74 Å². The van der Waals surface area contributed by atoms with Crippen LogP contribution in [0.1, 0.15) is 43.3 Å². The van der Waals surface area contributed by atoms with Crippen LogP contribution in [-0.4, -0.2) is 14.8 Å². The summed E-state index contributed by atoms with van der Waals surface area (Å²) in [6.45, 7) is 10.1. The summed E-state index contributed by atoms with van der Waals surface area (Å²) in [5, 5.41) is 17.8. The minimum absolute atomic E-state index is 0.178. The number of nitrogens with zero attached hydrogens (tertiary/aromatic N) is 4. The zero-order valence-electron chi connectivity index (χ0n) is 16.7. The van der Waals surface area contributed by atoms with Gasteiger partial charge in [0.05, 0.1) is 11.6 Å². The van der Waals surface area contributed by atoms with E-state index in [2.05, 4.69) is 16.3 Å². The molecule has 2 aromatic carbocycles. The molecule has 1 aromatic heterocycles. The molecule has 28 heavy (non-hydrogen) atoms. The number of nitriles is 1. The largest absolute Gasteiger partial charge is 0.477 e. The molecule has 0 bridgehead atoms. The first-order chi connectivity index (χ1) is 13.3. The van der Waals surface area contributed by atoms with Gasteiger partial charge in [0.2, 0.25) is 0 Å². The normalized spacial score (nSPS) is 11.3. The highest BCUT2D eigenvalue weighted by Gasteiger charge is 2.31. The summed E-state index contributed by atoms with van der Waals surface area (Å²) in [4.78, 5) is 0. The summed E-state index contributed by atoms with van der Waals surface area (Å²) in [6, 6.07) is 12.5. The molecule has 3 aromatic rings. The van der Waals surface area contributed by atoms with Crippen LogP contribution in [0.15, 0.2) is 36.4 Å². The Morgan fingerprint density at radius 1 is 1.14 bits per heavy atom. The van der Waals surface area contributed by atoms with Crippen molar-refractivity contribution in [2.24, 2.45) is 0 Å². The predicted molar refractivity (Wildman–Crippen MR) is 105 cm³/mol. The highest BCUT2D eigenvalue weighted by atomic mass is 19.1. The SMILES string of the molecule is CCn1c(-c2ccc(C#N)cc2C)nnc1C(C)(C)Oc1ccc(C)cc1F. The Hall–Kier alpha value is -3.20. The van der Waals surface area contributed by atoms with Gasteiger partial charge in [0.15, 0.2) is 28.8 Å². The first-order valence-electron chi connectivity index (χ1n) is 9.16. The van der Waals surface area contributed by atoms with Gasteiger partial charge in [0.25, 0.3) is 0 Å². The van der Waals surface area contributed by atoms with Crippen LogP contribution in [0.3, 0.4) is 0 Å². The Morgan fingerprint density at radius 2 is 1.89 bits per heavy atom. The van der Waals surface area contributed by atoms with E-state index >= 15 is 0 Å². The van der Waals surface area contributed by atoms with Crippen LogP contribution in [0.5, 0.6) is 5.75 Å². The highest BCUT2D eigenvalue weighted by molar-refractivity contribution is 5.62. The third-order valence-corrected chi connectivity index (χ3v) is 4.65. The van der Waals surface area contributed by atoms with Crippen molar-refractivity contribution in [1.82, 2.24) is 14.8 Å². The summed E-state index contributed by atoms with van der Waals surface area (Å²) in [6.07, 6.45) is 0. The molecular weight excluding hydrogens is 355 g/mol. The highest BCUT2D eigenvalue weighted by Crippen LogP contribution is 2.32. The Morgan fingerprint density at radius 3 is 2.50 bits per heavy atom. The van der Waals surface area contributed by atoms with Gasteiger partial charge in [-0.25, -0.2) is 4.39 Å². The van der Waals surface area contributed by atoms with E-state index in [0.29, 0.717) is 23.8 Å². The number of hydrogen-bond donors (Lipinski definition) is 0. The molecule has 0 atom stereocenters. The maximum atomic E-state index is 14.3. The fourth-order valence-electron chi connectivity index (χ4n) is 3.24. The maximum Gasteiger partial charge on any atom is 0.177 e. The molecule has 0 saturated carbocycles. The Bertz CT molecular complexity index is 1060. The zero-order chi connectivity index (χ0) is 20.5. The lowest BCUT2D eigenvalue weighted by molar-refractivity contribution is 0.0885. The van der Waals surface area contributed by atoms with E-state index in [0.717, 1.165) is 16.7 Å². The van der Waals surface area contributed by atoms with Crippen LogP contribution >= 0.6 is 0 Å². The lowest BCUT2D eigenvalue weighted by atomic mass is 10.0. The molecule has 0 aliphatic carbocycles. The van der Waals surface area contributed by atoms with E-state index in [4.69, 9.17) is 10.00 Å². The zero-order valence-corrected chi connectivity index (χ0v) is 16.7. The number of aromatic nitrogens is 3. The van der Waals surface area contributed by atoms with Crippen molar-refractivity contribution >= 4 is 0 Å². The van der Waals surface area contributed by atoms with Gasteiger partial charge in [0.1, 0.15) is 0 Å². The van der Waals surface area contributed by atoms with Crippen molar-refractivity contribution in [2.45, 2.75) is 46.8 Å². The first kappa shape index (κ1) is 19.6. The van der Waals surface area contributed by atoms with Gasteiger partial charge >= 0.3 is 0 Å². The lowest BCUT2D eigenvalue weighted by Gasteiger charge is -2.26. The second-order valence-electron chi connectivity index (χ2n) is 7.28. The van der Waals surface area contributed by atoms with Crippen molar-refractivity contribution in [3.8, 4) is 23.2 Å². The second-order valence-corrected chi connectivity index (χ2v) is 7.28. The van der Waals surface area contributed by atoms with Gasteiger partial charge in [-0.1, -0.05) is 6.07 Å². The summed E-state index contributed by atoms with van der Waals surface area (Å²) in [7, 11) is 0. The molecule has 3 rings (SSSR count). The maximum absolute atomic E-state index is 14.3. The smallest absolute Gasteiger partial charge is 0.177 e. The standard InChI is InChI=1S/C22H23FN4O/c1-6-27-20(17-9-8-16(13-24)12-15(17)3)25-26-21(27)22(4,5)28-19-10-7-14(2)11-18(19)23/h7-12H,6H2,1-5H3. The number of ether oxygens (including phenoxy) is 1. The molecule has 0 amide bonds. The Kier molecular flexibility index (Phi) is 5.19. The quantitative estimate of drug-likeness (QED) is 0.633. The van der Waals surface area contributed by atoms with Crippen molar-refractivity contribution in [3.63, 3.8) is 0 Å². The van der Waals surface area contributed by atoms with Crippen molar-refractivity contribution < 1.29 is 9.13 Å². The second kappa shape index (κ2) is 7.43. The van der Waals surface area contributed by atoms with Gasteiger partial charge in [0, 0.05) is 12.1 Å². The molecule has 6 heteroatoms. The van der Waals surface area contributed by atoms with Crippen molar-refractivity contribution in [3.05, 3.63) is 64.7 Å². The molecule has 0 aliphatic rings. The van der Waals surface area contributed by atoms with Gasteiger partial charge in [-0.15, -0.1) is 10.2 Å². The van der Waals surface area contributed by atoms with E-state index in [-0.39, 0.29) is 5.75 Å². The third-order valence-electron chi connectivity index (χ3n) is 4.65. The number of hydrogen-bond acceptors (Lipinski definition) is 4. The van der Waals surface area contributed by atoms with Crippen LogP contribution in [0.2, 0.25) is 0 Å². The molecule has 144 valence electrons. The number of aryl methyl sites for hydroxylation is 2. The van der Waals surface area contributed by atoms with E-state index in [1.165, 1.54) is 6.07 Å². The number of benzene rings is 2. The molecule has 0 spiro atoms. The number of rotatable bonds is 5. The van der Waals surface area contributed by atoms with E-state index in [1.54, 1.807) is 12.1 Å². The fraction of sp³-hybridized carbons (Fsp3) is 0.318. The van der Waals surface area contributed by atoms with E-state index in [1.807, 2.05) is 57.4 Å². The Balaban J connectivity index is 2.02. The van der Waals surface area contributed by atoms with Gasteiger partial charge in [-0.05, 0) is 76.1 Å². The molecule has 5 nitrogen and oxygen atoms in total. The van der Waals surface area contributed by atoms with E-state index in [9.17, 15) is 4.39 Å². The fourth-order valence-corrected chi connectivity index (χ4v) is 3.24. The summed E-state index contributed by atoms with van der Waals surface area (Å²) < 4.78 is 22.2. The van der Waals surface area contributed by atoms with Crippen molar-refractivity contribution in [2.75, 3.05) is 0 Å². The van der Waals surface area contributed by atoms with Gasteiger partial charge in [-0.2, -0.15) is 5.26 Å². The Labute approximate surface area is 164 Å². The van der Waals surface area contributed by atoms with Crippen molar-refractivity contribution in [1.29, 1.82) is 5.26 Å². The third kappa shape index (κ3) is 3.61. The summed E-state index contributed by atoms with van der Waals surface area (Å²) in [5.41, 5.74) is 2.38. The van der Waals surface area contributed by atoms with Crippen LogP contribution in [-0.2, 0) is 12.1 Å². The van der Waals surface area contributed by atoms with Gasteiger partial charge in [-0.3, -0.25) is 0 Å². The molecule has 0 fully saturated rings. The average molecular weight is 378 g/mol. The summed E-state index contributed by atoms with van der Waals surface area (Å²) in [5.74, 6) is 1.07. The molecule has 0 saturated heterocycles. The molecule has 0 unspecified atom stereocenters. The average Bonchev–Trinajstić information content (AvgIpc) is 3.08. The molecule has 1 heterocycles. The molecule has 0 radical (unpaired) electrons. The molecule has 0 N–H and O–H groups in total. The minimum Gasteiger partial charge on any atom is -0.477 e. The van der Waals surface area contributed by atoms with Gasteiger partial charge < -0.3 is 9.30 Å². The summed E-state index contributed by atoms with van der Waals surface area (Å²) >= 11 is 0. The van der Waals surface area contributed by atoms with Crippen LogP contribution in [0, 0.1) is 31.0 Å². The van der Waals surface area contributed by atoms with Crippen LogP contribution in [0.4, 0.5) is 4.39 Å².